The number of aromatic nitrogens is 5. The van der Waals surface area contributed by atoms with E-state index in [2.05, 4.69) is 34.1 Å². The van der Waals surface area contributed by atoms with Crippen molar-refractivity contribution in [2.45, 2.75) is 59.3 Å². The number of aromatic amines is 1. The van der Waals surface area contributed by atoms with Gasteiger partial charge in [-0.15, -0.1) is 24.7 Å². The van der Waals surface area contributed by atoms with E-state index in [1.807, 2.05) is 0 Å². The van der Waals surface area contributed by atoms with Gasteiger partial charge in [-0.1, -0.05) is 77.8 Å². The summed E-state index contributed by atoms with van der Waals surface area (Å²) in [6, 6.07) is 27.4. The molecular weight excluding hydrogens is 1240 g/mol. The Labute approximate surface area is 489 Å². The van der Waals surface area contributed by atoms with Gasteiger partial charge in [-0.2, -0.15) is 4.21 Å². The molecule has 84 heavy (non-hydrogen) atoms. The first-order valence-corrected chi connectivity index (χ1v) is 31.6. The molecule has 9 rings (SSSR count). The van der Waals surface area contributed by atoms with Crippen molar-refractivity contribution in [2.24, 2.45) is 34.4 Å². The first-order chi connectivity index (χ1) is 39.3. The van der Waals surface area contributed by atoms with Gasteiger partial charge in [0, 0.05) is 28.8 Å². The number of nitro groups is 1. The Morgan fingerprint density at radius 3 is 2.15 bits per heavy atom. The molecule has 0 saturated heterocycles. The number of azo groups is 1. The number of benzene rings is 6. The highest BCUT2D eigenvalue weighted by atomic mass is 35.5. The van der Waals surface area contributed by atoms with Crippen LogP contribution in [0, 0.1) is 17.0 Å². The van der Waals surface area contributed by atoms with Gasteiger partial charge >= 0.3 is 0 Å². The van der Waals surface area contributed by atoms with Crippen LogP contribution >= 0.6 is 23.2 Å². The molecule has 28 nitrogen and oxygen atoms in total. The van der Waals surface area contributed by atoms with Gasteiger partial charge in [0.05, 0.1) is 35.2 Å². The quantitative estimate of drug-likeness (QED) is 0.0231. The highest BCUT2D eigenvalue weighted by Gasteiger charge is 2.32. The zero-order valence-corrected chi connectivity index (χ0v) is 49.1. The molecule has 0 amide bonds. The number of nitro benzene ring substituents is 1. The van der Waals surface area contributed by atoms with E-state index in [9.17, 15) is 48.9 Å². The number of ether oxygens (including phenoxy) is 1. The van der Waals surface area contributed by atoms with Crippen molar-refractivity contribution in [3.8, 4) is 34.3 Å². The monoisotopic (exact) mass is 1280 g/mol. The molecule has 9 aromatic rings. The number of nitrogens with one attached hydrogen (secondary N) is 1. The van der Waals surface area contributed by atoms with E-state index in [-0.39, 0.29) is 111 Å². The van der Waals surface area contributed by atoms with Crippen LogP contribution in [0.5, 0.6) is 17.2 Å². The number of sulfonamides is 2. The molecule has 3 aromatic heterocycles. The third kappa shape index (κ3) is 13.1. The van der Waals surface area contributed by atoms with Crippen LogP contribution in [-0.2, 0) is 71.8 Å². The lowest BCUT2D eigenvalue weighted by atomic mass is 9.91. The maximum atomic E-state index is 14.3. The summed E-state index contributed by atoms with van der Waals surface area (Å²) in [5.41, 5.74) is -1.25. The molecule has 440 valence electrons. The molecule has 0 bridgehead atoms. The fourth-order valence-corrected chi connectivity index (χ4v) is 12.5. The lowest BCUT2D eigenvalue weighted by Crippen LogP contribution is -2.42. The number of halogens is 2. The summed E-state index contributed by atoms with van der Waals surface area (Å²) in [6.45, 7) is 6.71. The third-order valence-corrected chi connectivity index (χ3v) is 18.1. The first-order valence-electron chi connectivity index (χ1n) is 23.7. The number of hydrogen-bond acceptors (Lipinski definition) is 22. The molecule has 3 heterocycles. The molecule has 0 aliphatic heterocycles. The van der Waals surface area contributed by atoms with Crippen molar-refractivity contribution in [1.29, 1.82) is 0 Å². The molecule has 0 radical (unpaired) electrons. The zero-order chi connectivity index (χ0) is 60.9. The summed E-state index contributed by atoms with van der Waals surface area (Å²) in [5, 5.41) is 43.4. The molecule has 0 spiro atoms. The standard InChI is InChI=1S/C49H43Cl2N13O15S5/c1-27-11-20-40(41(21-27)64(66)67)62-48(65)36(44(77-62)49(2,3)4)26-76-30-16-18-34(19-17-30)84(54,74,75)35-10-6-8-32(23-35)79-80(68)60-29-12-14-31(15-13-29)78-81(69)61-46-43(57-56-39-24-38(51)42(25-37(39)50)83(53,72)73)47-55-45(58-63(47)59-46)28-7-5-9-33(22-28)82(52,70)71/h5-25H,26H2,1-4H3,(H,55,58)(H2,52,70,71)(H2,53,72,73)(H3,54,74,75)/q-2. The lowest BCUT2D eigenvalue weighted by molar-refractivity contribution is -0.384. The Bertz CT molecular complexity index is 4730. The van der Waals surface area contributed by atoms with E-state index in [1.165, 1.54) is 103 Å². The number of primary sulfonamides is 2. The Morgan fingerprint density at radius 1 is 0.821 bits per heavy atom. The third-order valence-electron chi connectivity index (χ3n) is 11.8. The maximum Gasteiger partial charge on any atom is 0.296 e. The Kier molecular flexibility index (Phi) is 16.3. The summed E-state index contributed by atoms with van der Waals surface area (Å²) in [4.78, 5) is 28.2. The van der Waals surface area contributed by atoms with Gasteiger partial charge in [0.1, 0.15) is 34.4 Å². The van der Waals surface area contributed by atoms with Crippen molar-refractivity contribution in [3.63, 3.8) is 0 Å². The van der Waals surface area contributed by atoms with E-state index in [0.717, 1.165) is 27.6 Å². The molecular formula is C49H43Cl2N13O15S5-2. The van der Waals surface area contributed by atoms with Crippen molar-refractivity contribution in [1.82, 2.24) is 24.6 Å². The molecule has 6 aromatic carbocycles. The fraction of sp³-hybridized carbons (Fsp3) is 0.122. The number of rotatable bonds is 18. The molecule has 0 atom stereocenters. The average Bonchev–Trinajstić information content (AvgIpc) is 1.71. The Morgan fingerprint density at radius 2 is 1.49 bits per heavy atom. The highest BCUT2D eigenvalue weighted by Crippen LogP contribution is 2.40. The van der Waals surface area contributed by atoms with Gasteiger partial charge < -0.3 is 34.8 Å². The van der Waals surface area contributed by atoms with Crippen molar-refractivity contribution < 1.29 is 56.6 Å². The van der Waals surface area contributed by atoms with Gasteiger partial charge in [0.2, 0.25) is 25.7 Å². The van der Waals surface area contributed by atoms with Crippen molar-refractivity contribution in [3.05, 3.63) is 175 Å². The largest absolute Gasteiger partial charge is 0.546 e. The number of H-pyrrole nitrogens is 1. The summed E-state index contributed by atoms with van der Waals surface area (Å²) in [6.07, 6.45) is 0. The molecule has 8 N–H and O–H groups in total. The maximum absolute atomic E-state index is 14.3. The second kappa shape index (κ2) is 22.7. The summed E-state index contributed by atoms with van der Waals surface area (Å²) < 4.78 is 133. The fourth-order valence-electron chi connectivity index (χ4n) is 7.83. The summed E-state index contributed by atoms with van der Waals surface area (Å²) in [5.74, 6) is -0.103. The topological polar surface area (TPSA) is 419 Å². The van der Waals surface area contributed by atoms with Crippen molar-refractivity contribution >= 4 is 109 Å². The SMILES string of the molecule is Cc1ccc(-n2oc(C(C)(C)C)c(COc3ccc(S(N)(=O)(O)c4cccc(O[S-](=O)=Nc5ccc(O[S-](=O)=Nc6nn7[nH]c(-c8cccc(S(N)(=O)=O)c8)nc7c6N=Nc6cc(Cl)c(S(N)(=O)=O)cc6Cl)cc5)c4)cc3)c2=O)c([N+](=O)[O-])c1. The van der Waals surface area contributed by atoms with E-state index in [1.54, 1.807) is 33.8 Å². The number of nitrogens with two attached hydrogens (primary N) is 3. The van der Waals surface area contributed by atoms with Crippen LogP contribution in [0.3, 0.4) is 0 Å². The number of nitrogens with zero attached hydrogens (tertiary/aromatic N) is 9. The van der Waals surface area contributed by atoms with Crippen LogP contribution in [0.1, 0.15) is 37.7 Å². The molecule has 0 unspecified atom stereocenters. The second-order valence-electron chi connectivity index (χ2n) is 19.0. The molecule has 35 heteroatoms. The van der Waals surface area contributed by atoms with E-state index in [4.69, 9.17) is 56.2 Å². The molecule has 0 fully saturated rings. The van der Waals surface area contributed by atoms with E-state index < -0.39 is 72.1 Å². The number of hydrogen-bond donors (Lipinski definition) is 5. The van der Waals surface area contributed by atoms with Gasteiger partial charge in [0.15, 0.2) is 28.8 Å². The van der Waals surface area contributed by atoms with Gasteiger partial charge in [-0.05, 0) is 125 Å². The minimum absolute atomic E-state index is 0.0350. The number of fused-ring (bicyclic) bond motifs is 1. The minimum atomic E-state index is -5.37. The Hall–Kier alpha value is -8.22. The van der Waals surface area contributed by atoms with Crippen LogP contribution in [0.25, 0.3) is 22.7 Å². The van der Waals surface area contributed by atoms with Crippen molar-refractivity contribution in [2.75, 3.05) is 0 Å². The lowest BCUT2D eigenvalue weighted by Gasteiger charge is -2.39. The normalized spacial score (nSPS) is 13.7. The van der Waals surface area contributed by atoms with E-state index >= 15 is 0 Å². The second-order valence-corrected chi connectivity index (χ2v) is 27.3. The molecule has 0 aliphatic rings. The first kappa shape index (κ1) is 60.4. The van der Waals surface area contributed by atoms with Crippen LogP contribution in [0.4, 0.5) is 28.6 Å². The van der Waals surface area contributed by atoms with Gasteiger partial charge in [-0.3, -0.25) is 24.6 Å². The molecule has 0 saturated carbocycles. The number of aryl methyl sites for hydroxylation is 1. The van der Waals surface area contributed by atoms with Crippen LogP contribution in [0.15, 0.2) is 175 Å². The van der Waals surface area contributed by atoms with Gasteiger partial charge in [-0.25, -0.2) is 37.2 Å². The average molecular weight is 1290 g/mol. The summed E-state index contributed by atoms with van der Waals surface area (Å²) >= 11 is 12.4. The van der Waals surface area contributed by atoms with Crippen LogP contribution in [-0.4, -0.2) is 55.1 Å². The predicted molar refractivity (Wildman–Crippen MR) is 307 cm³/mol. The van der Waals surface area contributed by atoms with Crippen LogP contribution in [0.2, 0.25) is 10.0 Å². The highest BCUT2D eigenvalue weighted by molar-refractivity contribution is 8.13. The summed E-state index contributed by atoms with van der Waals surface area (Å²) in [7, 11) is -18.8. The van der Waals surface area contributed by atoms with Crippen LogP contribution < -0.4 is 34.1 Å². The minimum Gasteiger partial charge on any atom is -0.546 e. The zero-order valence-electron chi connectivity index (χ0n) is 43.5. The Balaban J connectivity index is 0.893. The van der Waals surface area contributed by atoms with E-state index in [0.29, 0.717) is 5.56 Å². The molecule has 0 aliphatic carbocycles. The van der Waals surface area contributed by atoms with Gasteiger partial charge in [0.25, 0.3) is 11.2 Å². The smallest absolute Gasteiger partial charge is 0.296 e. The predicted octanol–water partition coefficient (Wildman–Crippen LogP) is 9.71.